The highest BCUT2D eigenvalue weighted by Gasteiger charge is 2.29. The fourth-order valence-corrected chi connectivity index (χ4v) is 3.46. The molecule has 2 N–H and O–H groups in total. The molecule has 3 rings (SSSR count). The van der Waals surface area contributed by atoms with Crippen molar-refractivity contribution in [3.8, 4) is 0 Å². The predicted octanol–water partition coefficient (Wildman–Crippen LogP) is 3.40. The van der Waals surface area contributed by atoms with Gasteiger partial charge in [0.1, 0.15) is 0 Å². The van der Waals surface area contributed by atoms with Crippen LogP contribution in [-0.4, -0.2) is 13.1 Å². The smallest absolute Gasteiger partial charge is 0.0410 e. The SMILES string of the molecule is NC1(c2cccc(N3CCCC3)c2)CCCCC1. The zero-order chi connectivity index (χ0) is 12.4. The van der Waals surface area contributed by atoms with Gasteiger partial charge >= 0.3 is 0 Å². The van der Waals surface area contributed by atoms with Crippen molar-refractivity contribution in [3.05, 3.63) is 29.8 Å². The second-order valence-electron chi connectivity index (χ2n) is 5.96. The van der Waals surface area contributed by atoms with E-state index in [0.29, 0.717) is 0 Å². The van der Waals surface area contributed by atoms with Gasteiger partial charge in [-0.3, -0.25) is 0 Å². The molecule has 1 aromatic carbocycles. The first-order chi connectivity index (χ1) is 8.78. The fourth-order valence-electron chi connectivity index (χ4n) is 3.46. The van der Waals surface area contributed by atoms with Crippen LogP contribution < -0.4 is 10.6 Å². The lowest BCUT2D eigenvalue weighted by Crippen LogP contribution is -2.38. The maximum Gasteiger partial charge on any atom is 0.0410 e. The molecule has 1 saturated carbocycles. The maximum atomic E-state index is 6.63. The van der Waals surface area contributed by atoms with Crippen molar-refractivity contribution in [1.82, 2.24) is 0 Å². The van der Waals surface area contributed by atoms with Crippen LogP contribution in [-0.2, 0) is 5.54 Å². The average molecular weight is 244 g/mol. The van der Waals surface area contributed by atoms with Gasteiger partial charge in [-0.15, -0.1) is 0 Å². The molecule has 0 atom stereocenters. The van der Waals surface area contributed by atoms with E-state index in [1.807, 2.05) is 0 Å². The Hall–Kier alpha value is -1.02. The van der Waals surface area contributed by atoms with E-state index in [0.717, 1.165) is 12.8 Å². The highest BCUT2D eigenvalue weighted by molar-refractivity contribution is 5.50. The van der Waals surface area contributed by atoms with Crippen molar-refractivity contribution in [1.29, 1.82) is 0 Å². The third kappa shape index (κ3) is 2.26. The van der Waals surface area contributed by atoms with Crippen LogP contribution in [0.15, 0.2) is 24.3 Å². The summed E-state index contributed by atoms with van der Waals surface area (Å²) in [5.74, 6) is 0. The Balaban J connectivity index is 1.85. The number of hydrogen-bond donors (Lipinski definition) is 1. The molecule has 2 fully saturated rings. The van der Waals surface area contributed by atoms with Gasteiger partial charge in [-0.05, 0) is 43.4 Å². The molecular formula is C16H24N2. The molecule has 0 amide bonds. The maximum absolute atomic E-state index is 6.63. The van der Waals surface area contributed by atoms with Gasteiger partial charge in [-0.1, -0.05) is 31.4 Å². The Morgan fingerprint density at radius 3 is 2.39 bits per heavy atom. The molecule has 18 heavy (non-hydrogen) atoms. The highest BCUT2D eigenvalue weighted by Crippen LogP contribution is 2.36. The molecule has 0 bridgehead atoms. The quantitative estimate of drug-likeness (QED) is 0.864. The lowest BCUT2D eigenvalue weighted by molar-refractivity contribution is 0.302. The van der Waals surface area contributed by atoms with Gasteiger partial charge in [0.25, 0.3) is 0 Å². The number of nitrogens with zero attached hydrogens (tertiary/aromatic N) is 1. The van der Waals surface area contributed by atoms with E-state index >= 15 is 0 Å². The molecule has 2 heteroatoms. The van der Waals surface area contributed by atoms with Crippen LogP contribution in [0.5, 0.6) is 0 Å². The van der Waals surface area contributed by atoms with Crippen LogP contribution in [0.25, 0.3) is 0 Å². The zero-order valence-corrected chi connectivity index (χ0v) is 11.2. The molecule has 0 radical (unpaired) electrons. The normalized spacial score (nSPS) is 23.3. The van der Waals surface area contributed by atoms with E-state index < -0.39 is 0 Å². The van der Waals surface area contributed by atoms with Crippen molar-refractivity contribution >= 4 is 5.69 Å². The first-order valence-electron chi connectivity index (χ1n) is 7.42. The van der Waals surface area contributed by atoms with Crippen LogP contribution in [0.1, 0.15) is 50.5 Å². The summed E-state index contributed by atoms with van der Waals surface area (Å²) < 4.78 is 0. The Bertz CT molecular complexity index is 401. The number of benzene rings is 1. The predicted molar refractivity (Wildman–Crippen MR) is 76.8 cm³/mol. The minimum atomic E-state index is -0.0615. The van der Waals surface area contributed by atoms with Gasteiger partial charge in [0.2, 0.25) is 0 Å². The highest BCUT2D eigenvalue weighted by atomic mass is 15.1. The van der Waals surface area contributed by atoms with Gasteiger partial charge in [0.05, 0.1) is 0 Å². The Kier molecular flexibility index (Phi) is 3.29. The van der Waals surface area contributed by atoms with Crippen molar-refractivity contribution in [2.24, 2.45) is 5.73 Å². The molecule has 98 valence electrons. The molecule has 0 unspecified atom stereocenters. The summed E-state index contributed by atoms with van der Waals surface area (Å²) in [6.45, 7) is 2.42. The second-order valence-corrected chi connectivity index (χ2v) is 5.96. The lowest BCUT2D eigenvalue weighted by atomic mass is 9.77. The van der Waals surface area contributed by atoms with E-state index in [1.165, 1.54) is 56.4 Å². The van der Waals surface area contributed by atoms with Gasteiger partial charge in [-0.25, -0.2) is 0 Å². The minimum absolute atomic E-state index is 0.0615. The largest absolute Gasteiger partial charge is 0.372 e. The van der Waals surface area contributed by atoms with Crippen molar-refractivity contribution in [3.63, 3.8) is 0 Å². The molecule has 1 aromatic rings. The summed E-state index contributed by atoms with van der Waals surface area (Å²) in [6.07, 6.45) is 8.88. The molecule has 2 nitrogen and oxygen atoms in total. The molecule has 1 aliphatic carbocycles. The van der Waals surface area contributed by atoms with E-state index in [1.54, 1.807) is 0 Å². The molecule has 1 saturated heterocycles. The number of rotatable bonds is 2. The Labute approximate surface area is 110 Å². The van der Waals surface area contributed by atoms with Crippen LogP contribution in [0.2, 0.25) is 0 Å². The van der Waals surface area contributed by atoms with E-state index in [9.17, 15) is 0 Å². The molecular weight excluding hydrogens is 220 g/mol. The van der Waals surface area contributed by atoms with Gasteiger partial charge < -0.3 is 10.6 Å². The average Bonchev–Trinajstić information content (AvgIpc) is 2.94. The summed E-state index contributed by atoms with van der Waals surface area (Å²) >= 11 is 0. The van der Waals surface area contributed by atoms with Gasteiger partial charge in [0, 0.05) is 24.3 Å². The van der Waals surface area contributed by atoms with E-state index in [4.69, 9.17) is 5.73 Å². The van der Waals surface area contributed by atoms with E-state index in [2.05, 4.69) is 29.2 Å². The van der Waals surface area contributed by atoms with Crippen molar-refractivity contribution in [2.45, 2.75) is 50.5 Å². The zero-order valence-electron chi connectivity index (χ0n) is 11.2. The lowest BCUT2D eigenvalue weighted by Gasteiger charge is -2.34. The molecule has 0 aromatic heterocycles. The van der Waals surface area contributed by atoms with Gasteiger partial charge in [0.15, 0.2) is 0 Å². The minimum Gasteiger partial charge on any atom is -0.372 e. The molecule has 0 spiro atoms. The molecule has 2 aliphatic rings. The second kappa shape index (κ2) is 4.93. The summed E-state index contributed by atoms with van der Waals surface area (Å²) in [6, 6.07) is 8.99. The van der Waals surface area contributed by atoms with Crippen LogP contribution in [0.3, 0.4) is 0 Å². The number of anilines is 1. The topological polar surface area (TPSA) is 29.3 Å². The van der Waals surface area contributed by atoms with Crippen LogP contribution in [0.4, 0.5) is 5.69 Å². The fraction of sp³-hybridized carbons (Fsp3) is 0.625. The third-order valence-electron chi connectivity index (χ3n) is 4.64. The first-order valence-corrected chi connectivity index (χ1v) is 7.42. The first kappa shape index (κ1) is 12.0. The van der Waals surface area contributed by atoms with Crippen molar-refractivity contribution < 1.29 is 0 Å². The summed E-state index contributed by atoms with van der Waals surface area (Å²) in [5.41, 5.74) is 9.30. The molecule has 1 aliphatic heterocycles. The monoisotopic (exact) mass is 244 g/mol. The Morgan fingerprint density at radius 2 is 1.67 bits per heavy atom. The van der Waals surface area contributed by atoms with Crippen LogP contribution in [0, 0.1) is 0 Å². The summed E-state index contributed by atoms with van der Waals surface area (Å²) in [5, 5.41) is 0. The van der Waals surface area contributed by atoms with Crippen LogP contribution >= 0.6 is 0 Å². The summed E-state index contributed by atoms with van der Waals surface area (Å²) in [7, 11) is 0. The standard InChI is InChI=1S/C16H24N2/c17-16(9-2-1-3-10-16)14-7-6-8-15(13-14)18-11-4-5-12-18/h6-8,13H,1-5,9-12,17H2. The van der Waals surface area contributed by atoms with Gasteiger partial charge in [-0.2, -0.15) is 0 Å². The third-order valence-corrected chi connectivity index (χ3v) is 4.64. The Morgan fingerprint density at radius 1 is 0.944 bits per heavy atom. The number of hydrogen-bond acceptors (Lipinski definition) is 2. The molecule has 1 heterocycles. The summed E-state index contributed by atoms with van der Waals surface area (Å²) in [4.78, 5) is 2.50. The number of nitrogens with two attached hydrogens (primary N) is 1. The van der Waals surface area contributed by atoms with E-state index in [-0.39, 0.29) is 5.54 Å². The van der Waals surface area contributed by atoms with Crippen molar-refractivity contribution in [2.75, 3.05) is 18.0 Å².